The minimum atomic E-state index is -3.51. The van der Waals surface area contributed by atoms with Crippen molar-refractivity contribution in [1.82, 2.24) is 9.29 Å². The van der Waals surface area contributed by atoms with Crippen LogP contribution in [0.2, 0.25) is 0 Å². The van der Waals surface area contributed by atoms with Gasteiger partial charge in [0.15, 0.2) is 5.13 Å². The summed E-state index contributed by atoms with van der Waals surface area (Å²) in [4.78, 5) is 4.89. The highest BCUT2D eigenvalue weighted by Crippen LogP contribution is 2.34. The van der Waals surface area contributed by atoms with Gasteiger partial charge in [-0.2, -0.15) is 4.31 Å². The highest BCUT2D eigenvalue weighted by atomic mass is 32.2. The molecule has 1 saturated heterocycles. The molecule has 0 spiro atoms. The van der Waals surface area contributed by atoms with Crippen molar-refractivity contribution >= 4 is 32.2 Å². The lowest BCUT2D eigenvalue weighted by molar-refractivity contribution is 0.0730. The van der Waals surface area contributed by atoms with Crippen LogP contribution in [0.25, 0.3) is 11.3 Å². The van der Waals surface area contributed by atoms with Crippen molar-refractivity contribution in [3.63, 3.8) is 0 Å². The third kappa shape index (κ3) is 4.67. The molecular weight excluding hydrogens is 438 g/mol. The number of rotatable bonds is 7. The van der Waals surface area contributed by atoms with E-state index in [9.17, 15) is 8.42 Å². The summed E-state index contributed by atoms with van der Waals surface area (Å²) < 4.78 is 42.9. The van der Waals surface area contributed by atoms with Crippen LogP contribution < -0.4 is 14.8 Å². The maximum Gasteiger partial charge on any atom is 0.243 e. The molecule has 0 saturated carbocycles. The minimum Gasteiger partial charge on any atom is -0.497 e. The molecule has 0 unspecified atom stereocenters. The largest absolute Gasteiger partial charge is 0.497 e. The van der Waals surface area contributed by atoms with Crippen LogP contribution in [0.4, 0.5) is 10.8 Å². The molecule has 164 valence electrons. The number of hydrogen-bond donors (Lipinski definition) is 1. The Morgan fingerprint density at radius 1 is 1.06 bits per heavy atom. The summed E-state index contributed by atoms with van der Waals surface area (Å²) in [6, 6.07) is 12.3. The monoisotopic (exact) mass is 461 g/mol. The summed E-state index contributed by atoms with van der Waals surface area (Å²) in [7, 11) is -0.302. The van der Waals surface area contributed by atoms with Gasteiger partial charge in [-0.25, -0.2) is 13.4 Å². The van der Waals surface area contributed by atoms with Crippen molar-refractivity contribution in [2.45, 2.75) is 4.90 Å². The number of thiazole rings is 1. The molecular formula is C21H23N3O5S2. The van der Waals surface area contributed by atoms with Gasteiger partial charge in [0.25, 0.3) is 0 Å². The minimum absolute atomic E-state index is 0.271. The summed E-state index contributed by atoms with van der Waals surface area (Å²) in [5.74, 6) is 1.38. The number of morpholine rings is 1. The second-order valence-electron chi connectivity index (χ2n) is 6.77. The molecule has 3 aromatic rings. The van der Waals surface area contributed by atoms with Crippen molar-refractivity contribution in [3.8, 4) is 22.8 Å². The summed E-state index contributed by atoms with van der Waals surface area (Å²) in [5.41, 5.74) is 2.34. The van der Waals surface area contributed by atoms with Crippen LogP contribution in [0.3, 0.4) is 0 Å². The van der Waals surface area contributed by atoms with Gasteiger partial charge in [0.05, 0.1) is 43.7 Å². The third-order valence-corrected chi connectivity index (χ3v) is 7.58. The summed E-state index contributed by atoms with van der Waals surface area (Å²) >= 11 is 1.45. The van der Waals surface area contributed by atoms with Gasteiger partial charge in [-0.1, -0.05) is 12.1 Å². The average molecular weight is 462 g/mol. The molecule has 0 radical (unpaired) electrons. The topological polar surface area (TPSA) is 90.0 Å². The fraction of sp³-hybridized carbons (Fsp3) is 0.286. The average Bonchev–Trinajstić information content (AvgIpc) is 3.28. The number of aromatic nitrogens is 1. The van der Waals surface area contributed by atoms with Gasteiger partial charge in [0.2, 0.25) is 10.0 Å². The highest BCUT2D eigenvalue weighted by Gasteiger charge is 2.26. The lowest BCUT2D eigenvalue weighted by Crippen LogP contribution is -2.40. The summed E-state index contributed by atoms with van der Waals surface area (Å²) in [6.45, 7) is 1.59. The molecule has 1 aromatic heterocycles. The smallest absolute Gasteiger partial charge is 0.243 e. The van der Waals surface area contributed by atoms with Gasteiger partial charge in [-0.15, -0.1) is 11.3 Å². The van der Waals surface area contributed by atoms with Crippen LogP contribution in [-0.2, 0) is 14.8 Å². The van der Waals surface area contributed by atoms with E-state index in [-0.39, 0.29) is 4.90 Å². The highest BCUT2D eigenvalue weighted by molar-refractivity contribution is 7.89. The maximum absolute atomic E-state index is 12.8. The SMILES string of the molecule is COc1ccc(OC)c(Nc2nc(-c3ccc(S(=O)(=O)N4CCOCC4)cc3)cs2)c1. The molecule has 1 N–H and O–H groups in total. The molecule has 0 aliphatic carbocycles. The summed E-state index contributed by atoms with van der Waals surface area (Å²) in [6.07, 6.45) is 0. The van der Waals surface area contributed by atoms with Crippen molar-refractivity contribution in [3.05, 3.63) is 47.8 Å². The Morgan fingerprint density at radius 2 is 1.81 bits per heavy atom. The zero-order valence-electron chi connectivity index (χ0n) is 17.2. The Morgan fingerprint density at radius 3 is 2.48 bits per heavy atom. The van der Waals surface area contributed by atoms with E-state index in [2.05, 4.69) is 10.3 Å². The molecule has 2 aromatic carbocycles. The van der Waals surface area contributed by atoms with Crippen molar-refractivity contribution in [1.29, 1.82) is 0 Å². The Balaban J connectivity index is 1.52. The first-order valence-electron chi connectivity index (χ1n) is 9.64. The number of benzene rings is 2. The lowest BCUT2D eigenvalue weighted by atomic mass is 10.2. The van der Waals surface area contributed by atoms with Gasteiger partial charge in [0.1, 0.15) is 11.5 Å². The Labute approximate surface area is 185 Å². The molecule has 0 amide bonds. The second kappa shape index (κ2) is 9.23. The van der Waals surface area contributed by atoms with E-state index >= 15 is 0 Å². The van der Waals surface area contributed by atoms with Gasteiger partial charge in [0, 0.05) is 30.1 Å². The molecule has 4 rings (SSSR count). The van der Waals surface area contributed by atoms with E-state index in [0.717, 1.165) is 16.9 Å². The molecule has 2 heterocycles. The van der Waals surface area contributed by atoms with Gasteiger partial charge in [-0.3, -0.25) is 0 Å². The van der Waals surface area contributed by atoms with Crippen LogP contribution in [0.15, 0.2) is 52.7 Å². The predicted octanol–water partition coefficient (Wildman–Crippen LogP) is 3.59. The van der Waals surface area contributed by atoms with Gasteiger partial charge < -0.3 is 19.5 Å². The van der Waals surface area contributed by atoms with Crippen LogP contribution in [0, 0.1) is 0 Å². The number of anilines is 2. The number of nitrogens with one attached hydrogen (secondary N) is 1. The number of ether oxygens (including phenoxy) is 3. The zero-order valence-corrected chi connectivity index (χ0v) is 18.8. The molecule has 1 aliphatic heterocycles. The number of nitrogens with zero attached hydrogens (tertiary/aromatic N) is 2. The van der Waals surface area contributed by atoms with E-state index in [1.165, 1.54) is 15.6 Å². The molecule has 0 bridgehead atoms. The third-order valence-electron chi connectivity index (χ3n) is 4.91. The van der Waals surface area contributed by atoms with E-state index in [4.69, 9.17) is 14.2 Å². The van der Waals surface area contributed by atoms with Crippen LogP contribution in [0.5, 0.6) is 11.5 Å². The fourth-order valence-electron chi connectivity index (χ4n) is 3.22. The second-order valence-corrected chi connectivity index (χ2v) is 9.57. The molecule has 31 heavy (non-hydrogen) atoms. The first-order chi connectivity index (χ1) is 15.0. The van der Waals surface area contributed by atoms with Crippen molar-refractivity contribution in [2.75, 3.05) is 45.8 Å². The van der Waals surface area contributed by atoms with Gasteiger partial charge in [-0.05, 0) is 24.3 Å². The number of sulfonamides is 1. The normalized spacial score (nSPS) is 14.9. The first-order valence-corrected chi connectivity index (χ1v) is 12.0. The Bertz CT molecular complexity index is 1140. The van der Waals surface area contributed by atoms with E-state index in [0.29, 0.717) is 42.9 Å². The maximum atomic E-state index is 12.8. The van der Waals surface area contributed by atoms with Crippen LogP contribution in [-0.4, -0.2) is 58.2 Å². The van der Waals surface area contributed by atoms with E-state index < -0.39 is 10.0 Å². The van der Waals surface area contributed by atoms with Crippen LogP contribution in [0.1, 0.15) is 0 Å². The molecule has 1 fully saturated rings. The summed E-state index contributed by atoms with van der Waals surface area (Å²) in [5, 5.41) is 5.86. The van der Waals surface area contributed by atoms with Gasteiger partial charge >= 0.3 is 0 Å². The first kappa shape index (κ1) is 21.6. The Kier molecular flexibility index (Phi) is 6.42. The lowest BCUT2D eigenvalue weighted by Gasteiger charge is -2.26. The van der Waals surface area contributed by atoms with Crippen LogP contribution >= 0.6 is 11.3 Å². The molecule has 10 heteroatoms. The molecule has 1 aliphatic rings. The predicted molar refractivity (Wildman–Crippen MR) is 120 cm³/mol. The number of methoxy groups -OCH3 is 2. The number of hydrogen-bond acceptors (Lipinski definition) is 8. The van der Waals surface area contributed by atoms with E-state index in [1.54, 1.807) is 38.5 Å². The van der Waals surface area contributed by atoms with Crippen molar-refractivity contribution in [2.24, 2.45) is 0 Å². The quantitative estimate of drug-likeness (QED) is 0.575. The molecule has 8 nitrogen and oxygen atoms in total. The van der Waals surface area contributed by atoms with E-state index in [1.807, 2.05) is 23.6 Å². The standard InChI is InChI=1S/C21H23N3O5S2/c1-27-16-5-8-20(28-2)18(13-16)22-21-23-19(14-30-21)15-3-6-17(7-4-15)31(25,26)24-9-11-29-12-10-24/h3-8,13-14H,9-12H2,1-2H3,(H,22,23). The molecule has 0 atom stereocenters. The zero-order chi connectivity index (χ0) is 21.8. The fourth-order valence-corrected chi connectivity index (χ4v) is 5.36. The Hall–Kier alpha value is -2.66. The van der Waals surface area contributed by atoms with Crippen molar-refractivity contribution < 1.29 is 22.6 Å².